The molecule has 0 amide bonds. The molecular formula is C17H19NO5S2. The van der Waals surface area contributed by atoms with Crippen molar-refractivity contribution in [3.63, 3.8) is 0 Å². The summed E-state index contributed by atoms with van der Waals surface area (Å²) in [6.45, 7) is 1.82. The monoisotopic (exact) mass is 381 g/mol. The Morgan fingerprint density at radius 3 is 2.36 bits per heavy atom. The van der Waals surface area contributed by atoms with Gasteiger partial charge in [-0.1, -0.05) is 17.7 Å². The lowest BCUT2D eigenvalue weighted by molar-refractivity contribution is -0.139. The normalized spacial score (nSPS) is 11.2. The first kappa shape index (κ1) is 19.3. The van der Waals surface area contributed by atoms with E-state index in [1.165, 1.54) is 11.8 Å². The average Bonchev–Trinajstić information content (AvgIpc) is 2.58. The van der Waals surface area contributed by atoms with E-state index < -0.39 is 16.0 Å². The molecule has 2 aromatic rings. The molecule has 0 aliphatic rings. The topological polar surface area (TPSA) is 92.7 Å². The largest absolute Gasteiger partial charge is 0.482 e. The zero-order valence-electron chi connectivity index (χ0n) is 13.6. The summed E-state index contributed by atoms with van der Waals surface area (Å²) in [5.74, 6) is 0.0200. The lowest BCUT2D eigenvalue weighted by Crippen LogP contribution is -2.26. The fourth-order valence-corrected chi connectivity index (χ4v) is 3.85. The van der Waals surface area contributed by atoms with Crippen LogP contribution in [0.4, 0.5) is 0 Å². The molecule has 0 aromatic heterocycles. The van der Waals surface area contributed by atoms with Crippen molar-refractivity contribution < 1.29 is 23.1 Å². The molecular weight excluding hydrogens is 362 g/mol. The summed E-state index contributed by atoms with van der Waals surface area (Å²) < 4.78 is 31.9. The van der Waals surface area contributed by atoms with Crippen LogP contribution in [0.5, 0.6) is 5.75 Å². The van der Waals surface area contributed by atoms with E-state index in [-0.39, 0.29) is 11.5 Å². The van der Waals surface area contributed by atoms with E-state index in [4.69, 9.17) is 9.84 Å². The molecule has 0 bridgehead atoms. The van der Waals surface area contributed by atoms with Crippen molar-refractivity contribution in [1.82, 2.24) is 4.72 Å². The molecule has 25 heavy (non-hydrogen) atoms. The zero-order valence-corrected chi connectivity index (χ0v) is 15.3. The van der Waals surface area contributed by atoms with Crippen LogP contribution in [0.15, 0.2) is 58.3 Å². The third-order valence-corrected chi connectivity index (χ3v) is 5.67. The van der Waals surface area contributed by atoms with E-state index >= 15 is 0 Å². The standard InChI is InChI=1S/C17H19NO5S2/c1-13-2-8-16(9-3-13)25(21,22)18-10-11-24-15-6-4-14(5-7-15)23-12-17(19)20/h2-9,18H,10-12H2,1H3,(H,19,20). The summed E-state index contributed by atoms with van der Waals surface area (Å²) in [4.78, 5) is 11.6. The van der Waals surface area contributed by atoms with Crippen LogP contribution in [0.25, 0.3) is 0 Å². The Labute approximate surface area is 151 Å². The van der Waals surface area contributed by atoms with Gasteiger partial charge in [0.25, 0.3) is 0 Å². The highest BCUT2D eigenvalue weighted by atomic mass is 32.2. The molecule has 0 saturated heterocycles. The van der Waals surface area contributed by atoms with E-state index in [1.807, 2.05) is 6.92 Å². The Hall–Kier alpha value is -2.03. The number of ether oxygens (including phenoxy) is 1. The Morgan fingerprint density at radius 2 is 1.76 bits per heavy atom. The van der Waals surface area contributed by atoms with Crippen LogP contribution in [0, 0.1) is 6.92 Å². The third-order valence-electron chi connectivity index (χ3n) is 3.18. The van der Waals surface area contributed by atoms with Crippen molar-refractivity contribution in [3.05, 3.63) is 54.1 Å². The molecule has 2 N–H and O–H groups in total. The number of aliphatic carboxylic acids is 1. The highest BCUT2D eigenvalue weighted by Gasteiger charge is 2.12. The van der Waals surface area contributed by atoms with Gasteiger partial charge in [-0.15, -0.1) is 11.8 Å². The number of hydrogen-bond donors (Lipinski definition) is 2. The fourth-order valence-electron chi connectivity index (χ4n) is 1.92. The molecule has 2 rings (SSSR count). The van der Waals surface area contributed by atoms with Crippen LogP contribution in [-0.2, 0) is 14.8 Å². The molecule has 0 aliphatic heterocycles. The first-order valence-electron chi connectivity index (χ1n) is 7.50. The minimum Gasteiger partial charge on any atom is -0.482 e. The van der Waals surface area contributed by atoms with Gasteiger partial charge in [-0.05, 0) is 43.3 Å². The molecule has 0 spiro atoms. The average molecular weight is 381 g/mol. The van der Waals surface area contributed by atoms with Gasteiger partial charge in [0.05, 0.1) is 4.90 Å². The molecule has 0 saturated carbocycles. The first-order chi connectivity index (χ1) is 11.9. The SMILES string of the molecule is Cc1ccc(S(=O)(=O)NCCSc2ccc(OCC(=O)O)cc2)cc1. The van der Waals surface area contributed by atoms with Gasteiger partial charge in [-0.2, -0.15) is 0 Å². The van der Waals surface area contributed by atoms with E-state index in [1.54, 1.807) is 48.5 Å². The second-order valence-electron chi connectivity index (χ2n) is 5.21. The minimum absolute atomic E-state index is 0.253. The van der Waals surface area contributed by atoms with E-state index in [0.29, 0.717) is 18.0 Å². The minimum atomic E-state index is -3.49. The summed E-state index contributed by atoms with van der Waals surface area (Å²) >= 11 is 1.49. The summed E-state index contributed by atoms with van der Waals surface area (Å²) in [5.41, 5.74) is 1.00. The molecule has 0 unspecified atom stereocenters. The number of hydrogen-bond acceptors (Lipinski definition) is 5. The number of benzene rings is 2. The van der Waals surface area contributed by atoms with E-state index in [0.717, 1.165) is 10.5 Å². The van der Waals surface area contributed by atoms with Gasteiger partial charge >= 0.3 is 5.97 Å². The third kappa shape index (κ3) is 6.41. The first-order valence-corrected chi connectivity index (χ1v) is 9.97. The van der Waals surface area contributed by atoms with Gasteiger partial charge in [0, 0.05) is 17.2 Å². The number of rotatable bonds is 9. The highest BCUT2D eigenvalue weighted by molar-refractivity contribution is 7.99. The molecule has 0 fully saturated rings. The van der Waals surface area contributed by atoms with Gasteiger partial charge in [-0.3, -0.25) is 0 Å². The summed E-state index contributed by atoms with van der Waals surface area (Å²) in [6, 6.07) is 13.7. The lowest BCUT2D eigenvalue weighted by Gasteiger charge is -2.08. The Bertz CT molecular complexity index is 802. The van der Waals surface area contributed by atoms with Crippen molar-refractivity contribution in [1.29, 1.82) is 0 Å². The number of carboxylic acid groups (broad SMARTS) is 1. The molecule has 0 radical (unpaired) electrons. The number of carbonyl (C=O) groups is 1. The van der Waals surface area contributed by atoms with E-state index in [2.05, 4.69) is 4.72 Å². The van der Waals surface area contributed by atoms with Gasteiger partial charge in [-0.25, -0.2) is 17.9 Å². The maximum Gasteiger partial charge on any atom is 0.341 e. The number of sulfonamides is 1. The van der Waals surface area contributed by atoms with Gasteiger partial charge in [0.15, 0.2) is 6.61 Å². The second-order valence-corrected chi connectivity index (χ2v) is 8.15. The van der Waals surface area contributed by atoms with Gasteiger partial charge in [0.1, 0.15) is 5.75 Å². The Balaban J connectivity index is 1.78. The zero-order chi connectivity index (χ0) is 18.3. The lowest BCUT2D eigenvalue weighted by atomic mass is 10.2. The molecule has 8 heteroatoms. The van der Waals surface area contributed by atoms with Crippen LogP contribution in [0.1, 0.15) is 5.56 Å². The number of thioether (sulfide) groups is 1. The summed E-state index contributed by atoms with van der Waals surface area (Å²) in [7, 11) is -3.49. The fraction of sp³-hybridized carbons (Fsp3) is 0.235. The predicted octanol–water partition coefficient (Wildman–Crippen LogP) is 2.53. The van der Waals surface area contributed by atoms with Crippen molar-refractivity contribution >= 4 is 27.8 Å². The van der Waals surface area contributed by atoms with Crippen LogP contribution in [0.2, 0.25) is 0 Å². The van der Waals surface area contributed by atoms with Crippen LogP contribution >= 0.6 is 11.8 Å². The van der Waals surface area contributed by atoms with Crippen molar-refractivity contribution in [2.24, 2.45) is 0 Å². The Morgan fingerprint density at radius 1 is 1.12 bits per heavy atom. The molecule has 2 aromatic carbocycles. The summed E-state index contributed by atoms with van der Waals surface area (Å²) in [5, 5.41) is 8.55. The predicted molar refractivity (Wildman–Crippen MR) is 96.7 cm³/mol. The maximum absolute atomic E-state index is 12.1. The van der Waals surface area contributed by atoms with Crippen LogP contribution in [0.3, 0.4) is 0 Å². The van der Waals surface area contributed by atoms with E-state index in [9.17, 15) is 13.2 Å². The number of nitrogens with one attached hydrogen (secondary N) is 1. The Kier molecular flexibility index (Phi) is 6.86. The quantitative estimate of drug-likeness (QED) is 0.512. The smallest absolute Gasteiger partial charge is 0.341 e. The van der Waals surface area contributed by atoms with Gasteiger partial charge < -0.3 is 9.84 Å². The maximum atomic E-state index is 12.1. The molecule has 6 nitrogen and oxygen atoms in total. The van der Waals surface area contributed by atoms with Crippen molar-refractivity contribution in [2.75, 3.05) is 18.9 Å². The number of carboxylic acids is 1. The molecule has 0 aliphatic carbocycles. The molecule has 0 heterocycles. The second kappa shape index (κ2) is 8.89. The number of aryl methyl sites for hydroxylation is 1. The highest BCUT2D eigenvalue weighted by Crippen LogP contribution is 2.21. The van der Waals surface area contributed by atoms with Crippen molar-refractivity contribution in [3.8, 4) is 5.75 Å². The summed E-state index contributed by atoms with van der Waals surface area (Å²) in [6.07, 6.45) is 0. The van der Waals surface area contributed by atoms with Gasteiger partial charge in [0.2, 0.25) is 10.0 Å². The molecule has 0 atom stereocenters. The van der Waals surface area contributed by atoms with Crippen LogP contribution < -0.4 is 9.46 Å². The molecule has 134 valence electrons. The van der Waals surface area contributed by atoms with Crippen molar-refractivity contribution in [2.45, 2.75) is 16.7 Å². The van der Waals surface area contributed by atoms with Crippen LogP contribution in [-0.4, -0.2) is 38.4 Å².